The molecule has 0 saturated carbocycles. The lowest BCUT2D eigenvalue weighted by Gasteiger charge is -2.18. The number of unbranched alkanes of at least 4 members (excludes halogenated alkanes) is 40. The summed E-state index contributed by atoms with van der Waals surface area (Å²) in [6.45, 7) is 11.5. The lowest BCUT2D eigenvalue weighted by molar-refractivity contribution is -0.167. The number of ether oxygens (including phenoxy) is 3. The Labute approximate surface area is 425 Å². The van der Waals surface area contributed by atoms with Crippen molar-refractivity contribution in [1.29, 1.82) is 0 Å². The third-order valence-electron chi connectivity index (χ3n) is 14.6. The number of rotatable bonds is 56. The summed E-state index contributed by atoms with van der Waals surface area (Å²) >= 11 is 0. The van der Waals surface area contributed by atoms with Gasteiger partial charge in [0.1, 0.15) is 13.2 Å². The molecule has 2 atom stereocenters. The van der Waals surface area contributed by atoms with Crippen molar-refractivity contribution in [3.05, 3.63) is 0 Å². The van der Waals surface area contributed by atoms with Crippen molar-refractivity contribution in [1.82, 2.24) is 0 Å². The van der Waals surface area contributed by atoms with Crippen LogP contribution in [0.1, 0.15) is 349 Å². The van der Waals surface area contributed by atoms with Gasteiger partial charge in [-0.05, 0) is 31.1 Å². The molecule has 0 aromatic carbocycles. The second-order valence-electron chi connectivity index (χ2n) is 22.1. The van der Waals surface area contributed by atoms with Gasteiger partial charge in [0.15, 0.2) is 6.10 Å². The summed E-state index contributed by atoms with van der Waals surface area (Å²) in [6.07, 6.45) is 59.5. The van der Waals surface area contributed by atoms with Crippen molar-refractivity contribution in [3.63, 3.8) is 0 Å². The van der Waals surface area contributed by atoms with Crippen LogP contribution in [0.3, 0.4) is 0 Å². The Hall–Kier alpha value is -1.59. The van der Waals surface area contributed by atoms with Crippen molar-refractivity contribution in [3.8, 4) is 0 Å². The SMILES string of the molecule is CCCCCCCCCCCCCCCCCC(=O)OC[C@@H](COC(=O)CCCCCCCCCCCCCCCCCCCCC(C)CC)OC(=O)CCCCCCCCCCCCC(C)C. The van der Waals surface area contributed by atoms with Gasteiger partial charge in [0.25, 0.3) is 0 Å². The van der Waals surface area contributed by atoms with E-state index in [0.717, 1.165) is 69.6 Å². The summed E-state index contributed by atoms with van der Waals surface area (Å²) in [5, 5.41) is 0. The molecule has 0 heterocycles. The Morgan fingerprint density at radius 2 is 0.559 bits per heavy atom. The smallest absolute Gasteiger partial charge is 0.306 e. The molecule has 68 heavy (non-hydrogen) atoms. The van der Waals surface area contributed by atoms with E-state index in [1.54, 1.807) is 0 Å². The van der Waals surface area contributed by atoms with Crippen LogP contribution in [-0.4, -0.2) is 37.2 Å². The van der Waals surface area contributed by atoms with E-state index in [1.165, 1.54) is 238 Å². The zero-order chi connectivity index (χ0) is 49.6. The largest absolute Gasteiger partial charge is 0.462 e. The normalized spacial score (nSPS) is 12.4. The average Bonchev–Trinajstić information content (AvgIpc) is 3.32. The number of carbonyl (C=O) groups excluding carboxylic acids is 3. The van der Waals surface area contributed by atoms with Gasteiger partial charge in [-0.25, -0.2) is 0 Å². The van der Waals surface area contributed by atoms with Crippen LogP contribution in [0.2, 0.25) is 0 Å². The Morgan fingerprint density at radius 1 is 0.309 bits per heavy atom. The molecule has 0 N–H and O–H groups in total. The monoisotopic (exact) mass is 961 g/mol. The van der Waals surface area contributed by atoms with Crippen LogP contribution in [0, 0.1) is 11.8 Å². The molecular formula is C62H120O6. The predicted molar refractivity (Wildman–Crippen MR) is 293 cm³/mol. The van der Waals surface area contributed by atoms with Crippen molar-refractivity contribution in [2.75, 3.05) is 13.2 Å². The van der Waals surface area contributed by atoms with Crippen molar-refractivity contribution >= 4 is 17.9 Å². The van der Waals surface area contributed by atoms with E-state index in [4.69, 9.17) is 14.2 Å². The summed E-state index contributed by atoms with van der Waals surface area (Å²) in [6, 6.07) is 0. The summed E-state index contributed by atoms with van der Waals surface area (Å²) in [7, 11) is 0. The molecule has 0 amide bonds. The quantitative estimate of drug-likeness (QED) is 0.0343. The summed E-state index contributed by atoms with van der Waals surface area (Å²) < 4.78 is 16.9. The minimum atomic E-state index is -0.763. The average molecular weight is 962 g/mol. The van der Waals surface area contributed by atoms with E-state index in [2.05, 4.69) is 34.6 Å². The van der Waals surface area contributed by atoms with Gasteiger partial charge in [0, 0.05) is 19.3 Å². The number of esters is 3. The fourth-order valence-corrected chi connectivity index (χ4v) is 9.55. The molecule has 0 bridgehead atoms. The highest BCUT2D eigenvalue weighted by molar-refractivity contribution is 5.71. The van der Waals surface area contributed by atoms with Crippen LogP contribution in [0.15, 0.2) is 0 Å². The molecule has 0 saturated heterocycles. The minimum Gasteiger partial charge on any atom is -0.462 e. The zero-order valence-corrected chi connectivity index (χ0v) is 46.7. The second kappa shape index (κ2) is 54.7. The first-order valence-electron chi connectivity index (χ1n) is 30.8. The van der Waals surface area contributed by atoms with E-state index in [-0.39, 0.29) is 31.1 Å². The highest BCUT2D eigenvalue weighted by Crippen LogP contribution is 2.19. The molecule has 0 aliphatic heterocycles. The molecule has 0 fully saturated rings. The molecule has 404 valence electrons. The Bertz CT molecular complexity index is 1040. The molecular weight excluding hydrogens is 841 g/mol. The molecule has 0 spiro atoms. The van der Waals surface area contributed by atoms with Gasteiger partial charge in [0.2, 0.25) is 0 Å². The highest BCUT2D eigenvalue weighted by Gasteiger charge is 2.19. The zero-order valence-electron chi connectivity index (χ0n) is 46.7. The van der Waals surface area contributed by atoms with Gasteiger partial charge in [-0.15, -0.1) is 0 Å². The highest BCUT2D eigenvalue weighted by atomic mass is 16.6. The first kappa shape index (κ1) is 66.4. The molecule has 6 nitrogen and oxygen atoms in total. The van der Waals surface area contributed by atoms with Gasteiger partial charge in [-0.1, -0.05) is 311 Å². The predicted octanol–water partition coefficient (Wildman–Crippen LogP) is 20.4. The van der Waals surface area contributed by atoms with Crippen LogP contribution < -0.4 is 0 Å². The van der Waals surface area contributed by atoms with Crippen LogP contribution in [0.25, 0.3) is 0 Å². The van der Waals surface area contributed by atoms with Crippen LogP contribution in [-0.2, 0) is 28.6 Å². The standard InChI is InChI=1S/C62H120O6/c1-6-8-9-10-11-12-13-14-19-23-26-32-37-42-47-52-60(63)66-55-59(68-62(65)54-49-44-39-34-29-28-30-35-40-45-50-57(3)4)56-67-61(64)53-48-43-38-33-27-24-21-18-16-15-17-20-22-25-31-36-41-46-51-58(5)7-2/h57-59H,6-56H2,1-5H3/t58?,59-/m0/s1. The van der Waals surface area contributed by atoms with Gasteiger partial charge in [-0.3, -0.25) is 14.4 Å². The topological polar surface area (TPSA) is 78.9 Å². The number of carbonyl (C=O) groups is 3. The Morgan fingerprint density at radius 3 is 0.838 bits per heavy atom. The molecule has 0 aliphatic carbocycles. The van der Waals surface area contributed by atoms with Crippen LogP contribution in [0.4, 0.5) is 0 Å². The molecule has 0 radical (unpaired) electrons. The molecule has 0 aromatic heterocycles. The van der Waals surface area contributed by atoms with Crippen molar-refractivity contribution in [2.45, 2.75) is 355 Å². The maximum Gasteiger partial charge on any atom is 0.306 e. The fraction of sp³-hybridized carbons (Fsp3) is 0.952. The second-order valence-corrected chi connectivity index (χ2v) is 22.1. The summed E-state index contributed by atoms with van der Waals surface area (Å²) in [5.74, 6) is 0.890. The molecule has 6 heteroatoms. The number of hydrogen-bond donors (Lipinski definition) is 0. The van der Waals surface area contributed by atoms with Gasteiger partial charge in [-0.2, -0.15) is 0 Å². The third-order valence-corrected chi connectivity index (χ3v) is 14.6. The number of hydrogen-bond acceptors (Lipinski definition) is 6. The van der Waals surface area contributed by atoms with Crippen LogP contribution >= 0.6 is 0 Å². The minimum absolute atomic E-state index is 0.0625. The van der Waals surface area contributed by atoms with Crippen molar-refractivity contribution in [2.24, 2.45) is 11.8 Å². The van der Waals surface area contributed by atoms with Crippen molar-refractivity contribution < 1.29 is 28.6 Å². The lowest BCUT2D eigenvalue weighted by Crippen LogP contribution is -2.30. The Kier molecular flexibility index (Phi) is 53.5. The van der Waals surface area contributed by atoms with Gasteiger partial charge < -0.3 is 14.2 Å². The first-order chi connectivity index (χ1) is 33.3. The molecule has 0 aliphatic rings. The summed E-state index contributed by atoms with van der Waals surface area (Å²) in [5.41, 5.74) is 0. The lowest BCUT2D eigenvalue weighted by atomic mass is 9.99. The molecule has 0 aromatic rings. The van der Waals surface area contributed by atoms with Crippen LogP contribution in [0.5, 0.6) is 0 Å². The third kappa shape index (κ3) is 53.8. The summed E-state index contributed by atoms with van der Waals surface area (Å²) in [4.78, 5) is 38.2. The molecule has 0 rings (SSSR count). The molecule has 1 unspecified atom stereocenters. The maximum atomic E-state index is 12.9. The first-order valence-corrected chi connectivity index (χ1v) is 30.8. The van der Waals surface area contributed by atoms with Gasteiger partial charge >= 0.3 is 17.9 Å². The fourth-order valence-electron chi connectivity index (χ4n) is 9.55. The van der Waals surface area contributed by atoms with E-state index >= 15 is 0 Å². The van der Waals surface area contributed by atoms with E-state index in [9.17, 15) is 14.4 Å². The van der Waals surface area contributed by atoms with E-state index < -0.39 is 6.10 Å². The van der Waals surface area contributed by atoms with E-state index in [1.807, 2.05) is 0 Å². The van der Waals surface area contributed by atoms with E-state index in [0.29, 0.717) is 19.3 Å². The Balaban J connectivity index is 4.23. The maximum absolute atomic E-state index is 12.9. The van der Waals surface area contributed by atoms with Gasteiger partial charge in [0.05, 0.1) is 0 Å².